The van der Waals surface area contributed by atoms with Crippen LogP contribution in [-0.2, 0) is 14.3 Å². The Morgan fingerprint density at radius 1 is 1.03 bits per heavy atom. The zero-order valence-corrected chi connectivity index (χ0v) is 20.2. The Hall–Kier alpha value is -1.97. The van der Waals surface area contributed by atoms with Gasteiger partial charge in [0.05, 0.1) is 12.6 Å². The molecule has 3 rings (SSSR count). The Morgan fingerprint density at radius 3 is 2.18 bits per heavy atom. The highest BCUT2D eigenvalue weighted by Gasteiger charge is 2.53. The van der Waals surface area contributed by atoms with Crippen molar-refractivity contribution in [2.24, 2.45) is 10.8 Å². The number of fused-ring (bicyclic) bond motifs is 1. The molecule has 2 aliphatic rings. The first-order valence-corrected chi connectivity index (χ1v) is 11.3. The Morgan fingerprint density at radius 2 is 1.61 bits per heavy atom. The number of hydrogen-bond acceptors (Lipinski definition) is 7. The summed E-state index contributed by atoms with van der Waals surface area (Å²) in [6.07, 6.45) is -3.79. The third kappa shape index (κ3) is 5.58. The highest BCUT2D eigenvalue weighted by molar-refractivity contribution is 5.97. The van der Waals surface area contributed by atoms with E-state index in [2.05, 4.69) is 39.9 Å². The van der Waals surface area contributed by atoms with Crippen molar-refractivity contribution in [3.8, 4) is 5.75 Å². The molecule has 1 saturated heterocycles. The molecule has 1 heterocycles. The predicted octanol–water partition coefficient (Wildman–Crippen LogP) is 1.86. The molecular weight excluding hydrogens is 426 g/mol. The van der Waals surface area contributed by atoms with Gasteiger partial charge in [-0.05, 0) is 36.1 Å². The van der Waals surface area contributed by atoms with Crippen LogP contribution in [-0.4, -0.2) is 71.2 Å². The molecule has 1 aromatic carbocycles. The van der Waals surface area contributed by atoms with Crippen LogP contribution in [0.5, 0.6) is 5.75 Å². The van der Waals surface area contributed by atoms with Gasteiger partial charge in [0, 0.05) is 11.0 Å². The van der Waals surface area contributed by atoms with Gasteiger partial charge in [-0.15, -0.1) is 0 Å². The summed E-state index contributed by atoms with van der Waals surface area (Å²) in [5.74, 6) is 0.289. The number of carbonyl (C=O) groups is 1. The van der Waals surface area contributed by atoms with Gasteiger partial charge in [-0.1, -0.05) is 46.8 Å². The zero-order valence-electron chi connectivity index (χ0n) is 20.2. The third-order valence-corrected chi connectivity index (χ3v) is 7.15. The number of benzene rings is 1. The molecule has 0 radical (unpaired) electrons. The number of aliphatic hydroxyl groups is 3. The van der Waals surface area contributed by atoms with Gasteiger partial charge in [0.1, 0.15) is 43.1 Å². The van der Waals surface area contributed by atoms with E-state index in [9.17, 15) is 20.1 Å². The molecule has 1 aliphatic carbocycles. The fourth-order valence-electron chi connectivity index (χ4n) is 3.68. The summed E-state index contributed by atoms with van der Waals surface area (Å²) in [6.45, 7) is 13.1. The molecule has 2 fully saturated rings. The molecule has 0 spiro atoms. The average molecular weight is 464 g/mol. The second-order valence-electron chi connectivity index (χ2n) is 10.7. The van der Waals surface area contributed by atoms with Crippen molar-refractivity contribution in [3.63, 3.8) is 0 Å². The summed E-state index contributed by atoms with van der Waals surface area (Å²) in [7, 11) is 0. The van der Waals surface area contributed by atoms with E-state index >= 15 is 0 Å². The third-order valence-electron chi connectivity index (χ3n) is 7.15. The van der Waals surface area contributed by atoms with Crippen molar-refractivity contribution in [1.29, 1.82) is 0 Å². The van der Waals surface area contributed by atoms with Crippen LogP contribution in [0, 0.1) is 10.8 Å². The largest absolute Gasteiger partial charge is 0.493 e. The highest BCUT2D eigenvalue weighted by Crippen LogP contribution is 2.38. The topological polar surface area (TPSA) is 117 Å². The fourth-order valence-corrected chi connectivity index (χ4v) is 3.68. The van der Waals surface area contributed by atoms with E-state index in [-0.39, 0.29) is 17.6 Å². The molecule has 0 aromatic heterocycles. The van der Waals surface area contributed by atoms with E-state index in [1.807, 2.05) is 24.3 Å². The number of amides is 1. The van der Waals surface area contributed by atoms with E-state index in [4.69, 9.17) is 14.2 Å². The first-order valence-electron chi connectivity index (χ1n) is 11.3. The van der Waals surface area contributed by atoms with Crippen LogP contribution >= 0.6 is 0 Å². The maximum atomic E-state index is 12.7. The summed E-state index contributed by atoms with van der Waals surface area (Å²) >= 11 is 0. The van der Waals surface area contributed by atoms with Crippen molar-refractivity contribution < 1.29 is 34.3 Å². The normalized spacial score (nSPS) is 30.6. The number of hydrogen-bond donors (Lipinski definition) is 4. The van der Waals surface area contributed by atoms with Crippen LogP contribution in [0.1, 0.15) is 47.1 Å². The van der Waals surface area contributed by atoms with Gasteiger partial charge in [0.25, 0.3) is 0 Å². The highest BCUT2D eigenvalue weighted by atomic mass is 16.7. The Kier molecular flexibility index (Phi) is 7.55. The van der Waals surface area contributed by atoms with Crippen LogP contribution in [0.4, 0.5) is 0 Å². The lowest BCUT2D eigenvalue weighted by atomic mass is 9.70. The fraction of sp³-hybridized carbons (Fsp3) is 0.640. The molecule has 6 atom stereocenters. The lowest BCUT2D eigenvalue weighted by Gasteiger charge is -2.41. The van der Waals surface area contributed by atoms with E-state index in [0.717, 1.165) is 11.3 Å². The summed E-state index contributed by atoms with van der Waals surface area (Å²) in [5, 5.41) is 33.7. The molecule has 33 heavy (non-hydrogen) atoms. The molecule has 1 aromatic rings. The summed E-state index contributed by atoms with van der Waals surface area (Å²) in [6, 6.07) is 6.36. The maximum absolute atomic E-state index is 12.7. The van der Waals surface area contributed by atoms with Crippen molar-refractivity contribution >= 4 is 12.0 Å². The van der Waals surface area contributed by atoms with E-state index < -0.39 is 42.5 Å². The van der Waals surface area contributed by atoms with Crippen LogP contribution in [0.15, 0.2) is 29.8 Å². The first kappa shape index (κ1) is 25.6. The van der Waals surface area contributed by atoms with Gasteiger partial charge in [0.15, 0.2) is 0 Å². The van der Waals surface area contributed by atoms with E-state index in [0.29, 0.717) is 12.2 Å². The SMILES string of the molecule is C/C(=C\c1ccc(OCC(C)(C)C(C)(C)C)cc1)C(=O)NC1[C@@H](O)[C@@H]2OCO[C@@H]2[C@H](O)[C@H]1O. The van der Waals surface area contributed by atoms with Crippen LogP contribution in [0.2, 0.25) is 0 Å². The number of carbonyl (C=O) groups excluding carboxylic acids is 1. The number of nitrogens with one attached hydrogen (secondary N) is 1. The van der Waals surface area contributed by atoms with E-state index in [1.54, 1.807) is 13.0 Å². The van der Waals surface area contributed by atoms with Gasteiger partial charge < -0.3 is 34.8 Å². The van der Waals surface area contributed by atoms with Crippen molar-refractivity contribution in [3.05, 3.63) is 35.4 Å². The smallest absolute Gasteiger partial charge is 0.247 e. The van der Waals surface area contributed by atoms with Gasteiger partial charge >= 0.3 is 0 Å². The van der Waals surface area contributed by atoms with Gasteiger partial charge in [-0.3, -0.25) is 4.79 Å². The van der Waals surface area contributed by atoms with Crippen LogP contribution in [0.3, 0.4) is 0 Å². The number of aliphatic hydroxyl groups excluding tert-OH is 3. The van der Waals surface area contributed by atoms with Crippen LogP contribution in [0.25, 0.3) is 6.08 Å². The van der Waals surface area contributed by atoms with E-state index in [1.165, 1.54) is 0 Å². The molecule has 4 N–H and O–H groups in total. The molecular formula is C25H37NO7. The second-order valence-corrected chi connectivity index (χ2v) is 10.7. The number of rotatable bonds is 6. The average Bonchev–Trinajstić information content (AvgIpc) is 3.24. The second kappa shape index (κ2) is 9.72. The molecule has 0 bridgehead atoms. The summed E-state index contributed by atoms with van der Waals surface area (Å²) in [5.41, 5.74) is 1.30. The van der Waals surface area contributed by atoms with Crippen molar-refractivity contribution in [1.82, 2.24) is 5.32 Å². The number of ether oxygens (including phenoxy) is 3. The summed E-state index contributed by atoms with van der Waals surface area (Å²) in [4.78, 5) is 12.7. The molecule has 8 nitrogen and oxygen atoms in total. The van der Waals surface area contributed by atoms with Crippen molar-refractivity contribution in [2.45, 2.75) is 78.1 Å². The molecule has 1 amide bonds. The minimum atomic E-state index is -1.38. The van der Waals surface area contributed by atoms with Crippen molar-refractivity contribution in [2.75, 3.05) is 13.4 Å². The van der Waals surface area contributed by atoms with Crippen LogP contribution < -0.4 is 10.1 Å². The molecule has 184 valence electrons. The Bertz CT molecular complexity index is 859. The lowest BCUT2D eigenvalue weighted by Crippen LogP contribution is -2.67. The van der Waals surface area contributed by atoms with Gasteiger partial charge in [0.2, 0.25) is 5.91 Å². The maximum Gasteiger partial charge on any atom is 0.247 e. The molecule has 1 unspecified atom stereocenters. The minimum Gasteiger partial charge on any atom is -0.493 e. The first-order chi connectivity index (χ1) is 15.3. The summed E-state index contributed by atoms with van der Waals surface area (Å²) < 4.78 is 16.5. The zero-order chi connectivity index (χ0) is 24.6. The minimum absolute atomic E-state index is 0.00222. The molecule has 1 saturated carbocycles. The Balaban J connectivity index is 1.61. The predicted molar refractivity (Wildman–Crippen MR) is 123 cm³/mol. The Labute approximate surface area is 195 Å². The lowest BCUT2D eigenvalue weighted by molar-refractivity contribution is -0.155. The standard InChI is InChI=1S/C25H37NO7/c1-14(11-15-7-9-16(10-8-15)31-12-25(5,6)24(2,3)4)23(30)26-17-18(27)20(29)22-21(19(17)28)32-13-33-22/h7-11,17-22,27-29H,12-13H2,1-6H3,(H,26,30)/b14-11+/t17?,18-,19+,20+,21-,22+/m0/s1. The molecule has 8 heteroatoms. The van der Waals surface area contributed by atoms with Gasteiger partial charge in [-0.2, -0.15) is 0 Å². The molecule has 1 aliphatic heterocycles. The van der Waals surface area contributed by atoms with Gasteiger partial charge in [-0.25, -0.2) is 0 Å². The monoisotopic (exact) mass is 463 g/mol. The quantitative estimate of drug-likeness (QED) is 0.476.